The van der Waals surface area contributed by atoms with Gasteiger partial charge in [-0.2, -0.15) is 0 Å². The highest BCUT2D eigenvalue weighted by Gasteiger charge is 2.23. The average Bonchev–Trinajstić information content (AvgIpc) is 3.21. The maximum atomic E-state index is 13.7. The number of benzene rings is 7. The van der Waals surface area contributed by atoms with Crippen LogP contribution in [0, 0.1) is 0 Å². The van der Waals surface area contributed by atoms with Crippen LogP contribution in [0.3, 0.4) is 0 Å². The highest BCUT2D eigenvalue weighted by molar-refractivity contribution is 6.38. The van der Waals surface area contributed by atoms with E-state index in [2.05, 4.69) is 31.1 Å². The molecule has 0 bridgehead atoms. The number of halogens is 6. The number of nitrogens with one attached hydrogen (secondary N) is 2. The number of hydrogen-bond acceptors (Lipinski definition) is 8. The second kappa shape index (κ2) is 18.4. The zero-order valence-corrected chi connectivity index (χ0v) is 34.7. The quantitative estimate of drug-likeness (QED) is 0.112. The average molecular weight is 893 g/mol. The van der Waals surface area contributed by atoms with Crippen LogP contribution < -0.4 is 10.6 Å². The first-order chi connectivity index (χ1) is 27.9. The standard InChI is InChI=1S/C40H22Cl6N6O4.C2H6/c41-21-9-11-27(43)33(15-21)49-51-35-23-7-3-1-5-19(23)13-25(37(35)53)39(55)47-31-17-30(46)32(18-29(31)45)48-40(56)26-14-20-6-2-4-8-24(20)36(38(26)54)52-50-34-16-22(42)10-12-28(34)44;1-2/h1-18,53-54H,(H,47,55)(H,48,56);1-2H3. The molecule has 0 unspecified atom stereocenters. The molecule has 0 fully saturated rings. The number of carbonyl (C=O) groups is 2. The fourth-order valence-corrected chi connectivity index (χ4v) is 6.70. The molecule has 58 heavy (non-hydrogen) atoms. The summed E-state index contributed by atoms with van der Waals surface area (Å²) in [6, 6.07) is 28.9. The largest absolute Gasteiger partial charge is 0.505 e. The van der Waals surface area contributed by atoms with Gasteiger partial charge in [-0.3, -0.25) is 9.59 Å². The van der Waals surface area contributed by atoms with E-state index < -0.39 is 23.3 Å². The summed E-state index contributed by atoms with van der Waals surface area (Å²) in [5, 5.41) is 48.3. The number of azo groups is 2. The number of rotatable bonds is 8. The van der Waals surface area contributed by atoms with Crippen LogP contribution in [0.15, 0.2) is 130 Å². The Hall–Kier alpha value is -5.46. The second-order valence-electron chi connectivity index (χ2n) is 12.0. The molecule has 0 aliphatic heterocycles. The van der Waals surface area contributed by atoms with Crippen molar-refractivity contribution < 1.29 is 19.8 Å². The summed E-state index contributed by atoms with van der Waals surface area (Å²) in [5.74, 6) is -2.41. The minimum atomic E-state index is -0.748. The normalized spacial score (nSPS) is 11.2. The maximum absolute atomic E-state index is 13.7. The van der Waals surface area contributed by atoms with Gasteiger partial charge < -0.3 is 20.8 Å². The van der Waals surface area contributed by atoms with Gasteiger partial charge in [0.15, 0.2) is 11.5 Å². The van der Waals surface area contributed by atoms with Gasteiger partial charge in [0.05, 0.1) is 42.6 Å². The Morgan fingerprint density at radius 2 is 0.862 bits per heavy atom. The van der Waals surface area contributed by atoms with E-state index >= 15 is 0 Å². The Kier molecular flexibility index (Phi) is 13.4. The van der Waals surface area contributed by atoms with Gasteiger partial charge in [0.25, 0.3) is 11.8 Å². The summed E-state index contributed by atoms with van der Waals surface area (Å²) in [5.41, 5.74) is 0.393. The van der Waals surface area contributed by atoms with E-state index in [4.69, 9.17) is 69.6 Å². The van der Waals surface area contributed by atoms with E-state index in [9.17, 15) is 19.8 Å². The van der Waals surface area contributed by atoms with Gasteiger partial charge in [0, 0.05) is 20.8 Å². The molecule has 0 heterocycles. The molecule has 0 saturated heterocycles. The number of aromatic hydroxyl groups is 2. The summed E-state index contributed by atoms with van der Waals surface area (Å²) in [4.78, 5) is 27.3. The van der Waals surface area contributed by atoms with Crippen LogP contribution in [0.4, 0.5) is 34.1 Å². The van der Waals surface area contributed by atoms with E-state index in [1.807, 2.05) is 13.8 Å². The van der Waals surface area contributed by atoms with Crippen molar-refractivity contribution in [2.24, 2.45) is 20.5 Å². The van der Waals surface area contributed by atoms with E-state index in [1.165, 1.54) is 36.4 Å². The lowest BCUT2D eigenvalue weighted by Crippen LogP contribution is -2.14. The summed E-state index contributed by atoms with van der Waals surface area (Å²) < 4.78 is 0. The summed E-state index contributed by atoms with van der Waals surface area (Å²) >= 11 is 37.9. The first-order valence-corrected chi connectivity index (χ1v) is 19.5. The van der Waals surface area contributed by atoms with Gasteiger partial charge in [-0.1, -0.05) is 132 Å². The minimum Gasteiger partial charge on any atom is -0.505 e. The minimum absolute atomic E-state index is 0.00976. The molecule has 7 rings (SSSR count). The molecule has 0 aliphatic carbocycles. The number of fused-ring (bicyclic) bond motifs is 2. The molecule has 10 nitrogen and oxygen atoms in total. The lowest BCUT2D eigenvalue weighted by Gasteiger charge is -2.15. The summed E-state index contributed by atoms with van der Waals surface area (Å²) in [6.07, 6.45) is 0. The van der Waals surface area contributed by atoms with Crippen LogP contribution in [0.25, 0.3) is 21.5 Å². The number of anilines is 2. The number of phenolic OH excluding ortho intramolecular Hbond substituents is 2. The molecule has 7 aromatic carbocycles. The number of hydrogen-bond donors (Lipinski definition) is 4. The SMILES string of the molecule is CC.O=C(Nc1cc(Cl)c(NC(=O)c2cc3ccccc3c(N=Nc3cc(Cl)ccc3Cl)c2O)cc1Cl)c1cc2ccccc2c(N=Nc2cc(Cl)ccc2Cl)c1O. The highest BCUT2D eigenvalue weighted by atomic mass is 35.5. The van der Waals surface area contributed by atoms with Crippen molar-refractivity contribution in [1.29, 1.82) is 0 Å². The van der Waals surface area contributed by atoms with Crippen LogP contribution in [0.5, 0.6) is 11.5 Å². The van der Waals surface area contributed by atoms with Crippen LogP contribution in [-0.2, 0) is 0 Å². The summed E-state index contributed by atoms with van der Waals surface area (Å²) in [6.45, 7) is 4.00. The Morgan fingerprint density at radius 3 is 1.26 bits per heavy atom. The van der Waals surface area contributed by atoms with Gasteiger partial charge in [0.1, 0.15) is 22.7 Å². The highest BCUT2D eigenvalue weighted by Crippen LogP contribution is 2.43. The molecular weight excluding hydrogens is 865 g/mol. The first kappa shape index (κ1) is 42.2. The maximum Gasteiger partial charge on any atom is 0.259 e. The molecule has 0 spiro atoms. The fourth-order valence-electron chi connectivity index (χ4n) is 5.63. The zero-order valence-electron chi connectivity index (χ0n) is 30.2. The Labute approximate surface area is 361 Å². The third-order valence-corrected chi connectivity index (χ3v) is 10.1. The molecule has 0 atom stereocenters. The van der Waals surface area contributed by atoms with Crippen molar-refractivity contribution in [3.63, 3.8) is 0 Å². The molecule has 2 amide bonds. The smallest absolute Gasteiger partial charge is 0.259 e. The van der Waals surface area contributed by atoms with Crippen molar-refractivity contribution in [2.45, 2.75) is 13.8 Å². The molecular formula is C42H28Cl6N6O4. The Morgan fingerprint density at radius 1 is 0.483 bits per heavy atom. The van der Waals surface area contributed by atoms with E-state index in [0.717, 1.165) is 0 Å². The molecule has 7 aromatic rings. The van der Waals surface area contributed by atoms with Crippen molar-refractivity contribution in [3.05, 3.63) is 150 Å². The number of phenols is 2. The summed E-state index contributed by atoms with van der Waals surface area (Å²) in [7, 11) is 0. The Bertz CT molecular complexity index is 2630. The van der Waals surface area contributed by atoms with Crippen molar-refractivity contribution in [1.82, 2.24) is 0 Å². The molecule has 16 heteroatoms. The number of amides is 2. The van der Waals surface area contributed by atoms with Gasteiger partial charge in [-0.05, 0) is 71.4 Å². The predicted molar refractivity (Wildman–Crippen MR) is 236 cm³/mol. The van der Waals surface area contributed by atoms with Gasteiger partial charge in [-0.15, -0.1) is 20.5 Å². The van der Waals surface area contributed by atoms with E-state index in [0.29, 0.717) is 31.6 Å². The zero-order chi connectivity index (χ0) is 41.7. The third-order valence-electron chi connectivity index (χ3n) is 8.36. The molecule has 292 valence electrons. The molecule has 0 aromatic heterocycles. The number of carbonyl (C=O) groups excluding carboxylic acids is 2. The second-order valence-corrected chi connectivity index (χ2v) is 14.5. The van der Waals surface area contributed by atoms with Crippen LogP contribution in [0.1, 0.15) is 34.6 Å². The van der Waals surface area contributed by atoms with E-state index in [-0.39, 0.29) is 65.3 Å². The van der Waals surface area contributed by atoms with Crippen LogP contribution in [0.2, 0.25) is 30.1 Å². The van der Waals surface area contributed by atoms with Crippen molar-refractivity contribution >= 4 is 137 Å². The molecule has 0 aliphatic rings. The van der Waals surface area contributed by atoms with Gasteiger partial charge in [-0.25, -0.2) is 0 Å². The first-order valence-electron chi connectivity index (χ1n) is 17.2. The topological polar surface area (TPSA) is 148 Å². The lowest BCUT2D eigenvalue weighted by atomic mass is 10.0. The number of nitrogens with zero attached hydrogens (tertiary/aromatic N) is 4. The monoisotopic (exact) mass is 890 g/mol. The third kappa shape index (κ3) is 9.13. The fraction of sp³-hybridized carbons (Fsp3) is 0.0476. The van der Waals surface area contributed by atoms with Crippen LogP contribution in [-0.4, -0.2) is 22.0 Å². The van der Waals surface area contributed by atoms with Crippen molar-refractivity contribution in [3.8, 4) is 11.5 Å². The van der Waals surface area contributed by atoms with Gasteiger partial charge in [0.2, 0.25) is 0 Å². The van der Waals surface area contributed by atoms with E-state index in [1.54, 1.807) is 72.8 Å². The van der Waals surface area contributed by atoms with Crippen LogP contribution >= 0.6 is 69.6 Å². The Balaban J connectivity index is 0.00000279. The van der Waals surface area contributed by atoms with Crippen molar-refractivity contribution in [2.75, 3.05) is 10.6 Å². The van der Waals surface area contributed by atoms with Gasteiger partial charge >= 0.3 is 0 Å². The molecule has 4 N–H and O–H groups in total. The molecule has 0 radical (unpaired) electrons. The molecule has 0 saturated carbocycles. The predicted octanol–water partition coefficient (Wildman–Crippen LogP) is 15.7. The lowest BCUT2D eigenvalue weighted by molar-refractivity contribution is 0.101.